The van der Waals surface area contributed by atoms with E-state index < -0.39 is 0 Å². The zero-order chi connectivity index (χ0) is 18.7. The lowest BCUT2D eigenvalue weighted by atomic mass is 9.84. The Kier molecular flexibility index (Phi) is 5.97. The van der Waals surface area contributed by atoms with Crippen molar-refractivity contribution in [1.29, 1.82) is 0 Å². The zero-order valence-corrected chi connectivity index (χ0v) is 16.4. The van der Waals surface area contributed by atoms with E-state index in [1.165, 1.54) is 11.1 Å². The van der Waals surface area contributed by atoms with Crippen molar-refractivity contribution in [3.8, 4) is 0 Å². The Morgan fingerprint density at radius 1 is 1.31 bits per heavy atom. The molecule has 3 rings (SSSR count). The van der Waals surface area contributed by atoms with Crippen LogP contribution in [0.15, 0.2) is 46.5 Å². The molecule has 1 atom stereocenters. The van der Waals surface area contributed by atoms with Crippen LogP contribution in [-0.2, 0) is 6.54 Å². The number of likely N-dealkylation sites (N-methyl/N-ethyl adjacent to an activating group) is 1. The molecule has 1 unspecified atom stereocenters. The Labute approximate surface area is 164 Å². The first-order valence-corrected chi connectivity index (χ1v) is 9.33. The van der Waals surface area contributed by atoms with Gasteiger partial charge in [-0.1, -0.05) is 41.4 Å². The summed E-state index contributed by atoms with van der Waals surface area (Å²) in [5.74, 6) is 5.75. The highest BCUT2D eigenvalue weighted by molar-refractivity contribution is 6.38. The van der Waals surface area contributed by atoms with Gasteiger partial charge in [0.25, 0.3) is 0 Å². The molecule has 2 aromatic rings. The third-order valence-corrected chi connectivity index (χ3v) is 5.17. The van der Waals surface area contributed by atoms with Gasteiger partial charge in [0.1, 0.15) is 5.71 Å². The van der Waals surface area contributed by atoms with Crippen molar-refractivity contribution >= 4 is 35.1 Å². The van der Waals surface area contributed by atoms with Crippen molar-refractivity contribution in [2.45, 2.75) is 19.4 Å². The fourth-order valence-electron chi connectivity index (χ4n) is 3.41. The van der Waals surface area contributed by atoms with E-state index in [0.29, 0.717) is 17.3 Å². The average molecular weight is 389 g/mol. The molecule has 26 heavy (non-hydrogen) atoms. The number of halogens is 2. The molecule has 1 aliphatic rings. The number of nitrogens with zero attached hydrogens (tertiary/aromatic N) is 3. The highest BCUT2D eigenvalue weighted by atomic mass is 35.5. The summed E-state index contributed by atoms with van der Waals surface area (Å²) in [4.78, 5) is 6.53. The quantitative estimate of drug-likeness (QED) is 0.481. The van der Waals surface area contributed by atoms with Crippen molar-refractivity contribution < 1.29 is 0 Å². The number of rotatable bonds is 4. The minimum absolute atomic E-state index is 0.182. The number of hydrogen-bond acceptors (Lipinski definition) is 4. The van der Waals surface area contributed by atoms with Gasteiger partial charge < -0.3 is 10.7 Å². The van der Waals surface area contributed by atoms with Gasteiger partial charge in [-0.3, -0.25) is 4.99 Å². The molecule has 2 aromatic carbocycles. The lowest BCUT2D eigenvalue weighted by Gasteiger charge is -2.33. The fourth-order valence-corrected chi connectivity index (χ4v) is 3.97. The molecule has 0 aliphatic carbocycles. The molecule has 0 saturated heterocycles. The molecule has 0 saturated carbocycles. The van der Waals surface area contributed by atoms with Gasteiger partial charge in [-0.15, -0.1) is 0 Å². The minimum atomic E-state index is 0.182. The summed E-state index contributed by atoms with van der Waals surface area (Å²) >= 11 is 12.7. The van der Waals surface area contributed by atoms with Crippen LogP contribution in [0.4, 0.5) is 0 Å². The van der Waals surface area contributed by atoms with E-state index in [0.717, 1.165) is 29.2 Å². The molecule has 0 bridgehead atoms. The molecule has 2 N–H and O–H groups in total. The number of hydrogen-bond donors (Lipinski definition) is 1. The third kappa shape index (κ3) is 3.93. The molecular weight excluding hydrogens is 367 g/mol. The Balaban J connectivity index is 2.05. The summed E-state index contributed by atoms with van der Waals surface area (Å²) in [5.41, 5.74) is 5.12. The van der Waals surface area contributed by atoms with Crippen molar-refractivity contribution in [2.75, 3.05) is 20.1 Å². The van der Waals surface area contributed by atoms with E-state index in [-0.39, 0.29) is 5.92 Å². The number of benzene rings is 2. The van der Waals surface area contributed by atoms with Gasteiger partial charge in [-0.05, 0) is 48.9 Å². The summed E-state index contributed by atoms with van der Waals surface area (Å²) in [6.45, 7) is 4.38. The smallest absolute Gasteiger partial charge is 0.108 e. The summed E-state index contributed by atoms with van der Waals surface area (Å²) < 4.78 is 0. The number of hydrazone groups is 1. The van der Waals surface area contributed by atoms with Gasteiger partial charge in [-0.25, -0.2) is 0 Å². The lowest BCUT2D eigenvalue weighted by molar-refractivity contribution is 0.295. The molecule has 1 aliphatic heterocycles. The second-order valence-corrected chi connectivity index (χ2v) is 7.32. The summed E-state index contributed by atoms with van der Waals surface area (Å²) in [5, 5.41) is 5.27. The van der Waals surface area contributed by atoms with Crippen molar-refractivity contribution in [2.24, 2.45) is 15.9 Å². The van der Waals surface area contributed by atoms with Crippen LogP contribution in [0.5, 0.6) is 0 Å². The van der Waals surface area contributed by atoms with Crippen LogP contribution in [0.2, 0.25) is 10.0 Å². The predicted octanol–water partition coefficient (Wildman–Crippen LogP) is 4.32. The number of aliphatic imine (C=N–C) groups is 1. The van der Waals surface area contributed by atoms with Crippen LogP contribution >= 0.6 is 23.2 Å². The minimum Gasteiger partial charge on any atom is -0.323 e. The monoisotopic (exact) mass is 388 g/mol. The second-order valence-electron chi connectivity index (χ2n) is 6.47. The van der Waals surface area contributed by atoms with Crippen molar-refractivity contribution in [3.05, 3.63) is 68.7 Å². The Morgan fingerprint density at radius 2 is 2.12 bits per heavy atom. The molecule has 4 nitrogen and oxygen atoms in total. The molecule has 0 spiro atoms. The summed E-state index contributed by atoms with van der Waals surface area (Å²) in [7, 11) is 2.10. The Hall–Kier alpha value is -1.88. The number of fused-ring (bicyclic) bond motifs is 1. The Bertz CT molecular complexity index is 861. The summed E-state index contributed by atoms with van der Waals surface area (Å²) in [6, 6.07) is 12.1. The maximum absolute atomic E-state index is 6.46. The van der Waals surface area contributed by atoms with Gasteiger partial charge in [0.2, 0.25) is 0 Å². The first kappa shape index (κ1) is 18.9. The lowest BCUT2D eigenvalue weighted by Crippen LogP contribution is -2.31. The van der Waals surface area contributed by atoms with Crippen molar-refractivity contribution in [1.82, 2.24) is 4.90 Å². The predicted molar refractivity (Wildman–Crippen MR) is 111 cm³/mol. The van der Waals surface area contributed by atoms with Crippen molar-refractivity contribution in [3.63, 3.8) is 0 Å². The summed E-state index contributed by atoms with van der Waals surface area (Å²) in [6.07, 6.45) is 1.72. The van der Waals surface area contributed by atoms with Crippen LogP contribution < -0.4 is 5.84 Å². The standard InChI is InChI=1S/C20H22Cl2N4/c1-3-24-10-20(25-23)14-6-4-5-13(7-14)17-11-26(2)12-18-16(17)8-15(21)9-19(18)22/h4-10,17H,3,11-12,23H2,1-2H3. The normalized spacial score (nSPS) is 18.3. The van der Waals surface area contributed by atoms with E-state index in [2.05, 4.69) is 34.2 Å². The maximum atomic E-state index is 6.46. The van der Waals surface area contributed by atoms with Gasteiger partial charge in [0, 0.05) is 47.4 Å². The molecule has 136 valence electrons. The maximum Gasteiger partial charge on any atom is 0.108 e. The zero-order valence-electron chi connectivity index (χ0n) is 14.9. The van der Waals surface area contributed by atoms with E-state index >= 15 is 0 Å². The molecule has 1 heterocycles. The molecule has 0 radical (unpaired) electrons. The van der Waals surface area contributed by atoms with Crippen LogP contribution in [0.1, 0.15) is 35.1 Å². The molecule has 6 heteroatoms. The molecular formula is C20H22Cl2N4. The van der Waals surface area contributed by atoms with Gasteiger partial charge in [0.15, 0.2) is 0 Å². The van der Waals surface area contributed by atoms with Gasteiger partial charge in [-0.2, -0.15) is 5.10 Å². The fraction of sp³-hybridized carbons (Fsp3) is 0.300. The second kappa shape index (κ2) is 8.21. The first-order chi connectivity index (χ1) is 12.5. The highest BCUT2D eigenvalue weighted by Gasteiger charge is 2.27. The van der Waals surface area contributed by atoms with Gasteiger partial charge >= 0.3 is 0 Å². The SMILES string of the molecule is CCN=CC(=NN)c1cccc(C2CN(C)Cc3c(Cl)cc(Cl)cc32)c1. The van der Waals surface area contributed by atoms with Gasteiger partial charge in [0.05, 0.1) is 0 Å². The molecule has 0 fully saturated rings. The third-order valence-electron chi connectivity index (χ3n) is 4.61. The van der Waals surface area contributed by atoms with Crippen LogP contribution in [-0.4, -0.2) is 37.0 Å². The average Bonchev–Trinajstić information content (AvgIpc) is 2.63. The van der Waals surface area contributed by atoms with E-state index in [1.807, 2.05) is 31.2 Å². The highest BCUT2D eigenvalue weighted by Crippen LogP contribution is 2.38. The van der Waals surface area contributed by atoms with E-state index in [4.69, 9.17) is 29.0 Å². The largest absolute Gasteiger partial charge is 0.323 e. The molecule has 0 amide bonds. The first-order valence-electron chi connectivity index (χ1n) is 8.57. The van der Waals surface area contributed by atoms with E-state index in [1.54, 1.807) is 6.21 Å². The Morgan fingerprint density at radius 3 is 2.85 bits per heavy atom. The number of nitrogens with two attached hydrogens (primary N) is 1. The van der Waals surface area contributed by atoms with Crippen LogP contribution in [0.3, 0.4) is 0 Å². The topological polar surface area (TPSA) is 54.0 Å². The van der Waals surface area contributed by atoms with Crippen LogP contribution in [0, 0.1) is 0 Å². The van der Waals surface area contributed by atoms with Crippen LogP contribution in [0.25, 0.3) is 0 Å². The van der Waals surface area contributed by atoms with E-state index in [9.17, 15) is 0 Å². The molecule has 0 aromatic heterocycles.